The summed E-state index contributed by atoms with van der Waals surface area (Å²) in [6.45, 7) is 0. The molecule has 0 aliphatic heterocycles. The third-order valence-corrected chi connectivity index (χ3v) is 1.52. The van der Waals surface area contributed by atoms with E-state index in [-0.39, 0.29) is 5.56 Å². The van der Waals surface area contributed by atoms with Crippen LogP contribution in [0.1, 0.15) is 0 Å². The molecule has 0 amide bonds. The van der Waals surface area contributed by atoms with Crippen LogP contribution in [0.2, 0.25) is 0 Å². The number of H-pyrrole nitrogens is 1. The number of aromatic amines is 1. The van der Waals surface area contributed by atoms with Crippen LogP contribution in [-0.4, -0.2) is 19.5 Å². The molecule has 5 heteroatoms. The molecule has 2 aromatic heterocycles. The first-order chi connectivity index (χ1) is 5.29. The second-order valence-electron chi connectivity index (χ2n) is 2.26. The maximum Gasteiger partial charge on any atom is 0.298 e. The fourth-order valence-electron chi connectivity index (χ4n) is 0.970. The number of hydrogen-bond acceptors (Lipinski definition) is 3. The number of nitrogens with one attached hydrogen (secondary N) is 1. The molecular formula is C6H6N4O. The molecule has 11 heavy (non-hydrogen) atoms. The molecule has 5 nitrogen and oxygen atoms in total. The Labute approximate surface area is 61.7 Å². The van der Waals surface area contributed by atoms with Gasteiger partial charge in [0, 0.05) is 7.05 Å². The summed E-state index contributed by atoms with van der Waals surface area (Å²) in [6.07, 6.45) is 2.93. The van der Waals surface area contributed by atoms with Gasteiger partial charge >= 0.3 is 0 Å². The monoisotopic (exact) mass is 150 g/mol. The lowest BCUT2D eigenvalue weighted by atomic mass is 10.5. The quantitative estimate of drug-likeness (QED) is 0.558. The number of rotatable bonds is 0. The topological polar surface area (TPSA) is 63.6 Å². The average Bonchev–Trinajstić information content (AvgIpc) is 2.45. The van der Waals surface area contributed by atoms with Gasteiger partial charge in [0.15, 0.2) is 11.2 Å². The molecule has 2 rings (SSSR count). The molecule has 0 radical (unpaired) electrons. The zero-order chi connectivity index (χ0) is 7.84. The van der Waals surface area contributed by atoms with Crippen molar-refractivity contribution in [2.45, 2.75) is 0 Å². The van der Waals surface area contributed by atoms with Crippen molar-refractivity contribution >= 4 is 11.2 Å². The lowest BCUT2D eigenvalue weighted by molar-refractivity contribution is 0.888. The van der Waals surface area contributed by atoms with Crippen molar-refractivity contribution in [1.82, 2.24) is 19.5 Å². The Morgan fingerprint density at radius 2 is 2.36 bits per heavy atom. The van der Waals surface area contributed by atoms with Crippen molar-refractivity contribution in [3.05, 3.63) is 23.0 Å². The van der Waals surface area contributed by atoms with Crippen molar-refractivity contribution in [1.29, 1.82) is 0 Å². The predicted molar refractivity (Wildman–Crippen MR) is 39.1 cm³/mol. The summed E-state index contributed by atoms with van der Waals surface area (Å²) in [4.78, 5) is 21.3. The van der Waals surface area contributed by atoms with Gasteiger partial charge in [0.05, 0.1) is 6.33 Å². The lowest BCUT2D eigenvalue weighted by Crippen LogP contribution is -2.09. The molecular weight excluding hydrogens is 144 g/mol. The number of hydrogen-bond donors (Lipinski definition) is 1. The van der Waals surface area contributed by atoms with Crippen LogP contribution in [0.5, 0.6) is 0 Å². The summed E-state index contributed by atoms with van der Waals surface area (Å²) in [6, 6.07) is 0. The van der Waals surface area contributed by atoms with Gasteiger partial charge in [-0.2, -0.15) is 4.98 Å². The molecule has 0 fully saturated rings. The fraction of sp³-hybridized carbons (Fsp3) is 0.167. The third kappa shape index (κ3) is 0.739. The predicted octanol–water partition coefficient (Wildman–Crippen LogP) is -0.343. The molecule has 0 aliphatic carbocycles. The minimum absolute atomic E-state index is 0.268. The Morgan fingerprint density at radius 1 is 1.55 bits per heavy atom. The maximum atomic E-state index is 11.0. The highest BCUT2D eigenvalue weighted by atomic mass is 16.1. The molecule has 56 valence electrons. The number of imidazole rings is 1. The highest BCUT2D eigenvalue weighted by molar-refractivity contribution is 5.68. The summed E-state index contributed by atoms with van der Waals surface area (Å²) in [5.41, 5.74) is 0.815. The largest absolute Gasteiger partial charge is 0.339 e. The smallest absolute Gasteiger partial charge is 0.298 e. The molecule has 0 aromatic carbocycles. The summed E-state index contributed by atoms with van der Waals surface area (Å²) in [5, 5.41) is 0. The van der Waals surface area contributed by atoms with Gasteiger partial charge in [-0.3, -0.25) is 4.79 Å². The SMILES string of the molecule is Cn1cnc(=O)c2[nH]cnc21. The highest BCUT2D eigenvalue weighted by Crippen LogP contribution is 1.98. The van der Waals surface area contributed by atoms with Crippen LogP contribution in [0, 0.1) is 0 Å². The van der Waals surface area contributed by atoms with Gasteiger partial charge in [-0.15, -0.1) is 0 Å². The van der Waals surface area contributed by atoms with E-state index in [2.05, 4.69) is 15.0 Å². The minimum atomic E-state index is -0.268. The van der Waals surface area contributed by atoms with Gasteiger partial charge in [-0.1, -0.05) is 0 Å². The Kier molecular flexibility index (Phi) is 1.06. The number of fused-ring (bicyclic) bond motifs is 1. The third-order valence-electron chi connectivity index (χ3n) is 1.52. The van der Waals surface area contributed by atoms with Crippen molar-refractivity contribution in [2.75, 3.05) is 0 Å². The molecule has 1 N–H and O–H groups in total. The molecule has 0 saturated carbocycles. The standard InChI is InChI=1S/C6H6N4O/c1-10-3-9-6(11)4-5(10)8-2-7-4/h2-3H,1H3,(H,7,8). The van der Waals surface area contributed by atoms with Crippen LogP contribution < -0.4 is 5.56 Å². The summed E-state index contributed by atoms with van der Waals surface area (Å²) in [5.74, 6) is 0. The molecule has 2 heterocycles. The first-order valence-corrected chi connectivity index (χ1v) is 3.14. The van der Waals surface area contributed by atoms with Crippen LogP contribution in [-0.2, 0) is 7.05 Å². The first-order valence-electron chi connectivity index (χ1n) is 3.14. The van der Waals surface area contributed by atoms with Crippen LogP contribution in [0.3, 0.4) is 0 Å². The van der Waals surface area contributed by atoms with E-state index in [1.807, 2.05) is 0 Å². The van der Waals surface area contributed by atoms with Crippen molar-refractivity contribution in [3.8, 4) is 0 Å². The average molecular weight is 150 g/mol. The lowest BCUT2D eigenvalue weighted by Gasteiger charge is -1.94. The van der Waals surface area contributed by atoms with Gasteiger partial charge in [-0.25, -0.2) is 4.98 Å². The fourth-order valence-corrected chi connectivity index (χ4v) is 0.970. The molecule has 0 bridgehead atoms. The number of nitrogens with zero attached hydrogens (tertiary/aromatic N) is 3. The van der Waals surface area contributed by atoms with Crippen LogP contribution in [0.25, 0.3) is 11.2 Å². The van der Waals surface area contributed by atoms with Crippen molar-refractivity contribution in [3.63, 3.8) is 0 Å². The summed E-state index contributed by atoms with van der Waals surface area (Å²) in [7, 11) is 1.79. The molecule has 0 aliphatic rings. The summed E-state index contributed by atoms with van der Waals surface area (Å²) < 4.78 is 1.69. The Morgan fingerprint density at radius 3 is 3.09 bits per heavy atom. The summed E-state index contributed by atoms with van der Waals surface area (Å²) >= 11 is 0. The van der Waals surface area contributed by atoms with Gasteiger partial charge in [0.1, 0.15) is 6.33 Å². The van der Waals surface area contributed by atoms with E-state index in [1.165, 1.54) is 12.7 Å². The maximum absolute atomic E-state index is 11.0. The van der Waals surface area contributed by atoms with Crippen LogP contribution in [0.4, 0.5) is 0 Å². The zero-order valence-electron chi connectivity index (χ0n) is 5.90. The molecule has 0 atom stereocenters. The van der Waals surface area contributed by atoms with Crippen LogP contribution >= 0.6 is 0 Å². The molecule has 0 spiro atoms. The highest BCUT2D eigenvalue weighted by Gasteiger charge is 2.01. The first kappa shape index (κ1) is 6.09. The Balaban J connectivity index is 3.08. The van der Waals surface area contributed by atoms with E-state index in [0.29, 0.717) is 11.2 Å². The Bertz CT molecular complexity index is 441. The number of aryl methyl sites for hydroxylation is 1. The van der Waals surface area contributed by atoms with E-state index < -0.39 is 0 Å². The van der Waals surface area contributed by atoms with Gasteiger partial charge in [0.25, 0.3) is 5.56 Å². The molecule has 2 aromatic rings. The molecule has 0 saturated heterocycles. The van der Waals surface area contributed by atoms with Crippen molar-refractivity contribution < 1.29 is 0 Å². The second-order valence-corrected chi connectivity index (χ2v) is 2.26. The van der Waals surface area contributed by atoms with E-state index in [0.717, 1.165) is 0 Å². The van der Waals surface area contributed by atoms with Gasteiger partial charge < -0.3 is 9.55 Å². The van der Waals surface area contributed by atoms with Gasteiger partial charge in [-0.05, 0) is 0 Å². The number of aromatic nitrogens is 4. The van der Waals surface area contributed by atoms with E-state index in [4.69, 9.17) is 0 Å². The van der Waals surface area contributed by atoms with E-state index in [1.54, 1.807) is 11.6 Å². The van der Waals surface area contributed by atoms with Crippen molar-refractivity contribution in [2.24, 2.45) is 7.05 Å². The second kappa shape index (κ2) is 1.91. The Hall–Kier alpha value is -1.65. The van der Waals surface area contributed by atoms with E-state index >= 15 is 0 Å². The van der Waals surface area contributed by atoms with Crippen LogP contribution in [0.15, 0.2) is 17.4 Å². The minimum Gasteiger partial charge on any atom is -0.339 e. The normalized spacial score (nSPS) is 10.6. The van der Waals surface area contributed by atoms with Gasteiger partial charge in [0.2, 0.25) is 0 Å². The van der Waals surface area contributed by atoms with E-state index in [9.17, 15) is 4.79 Å². The zero-order valence-corrected chi connectivity index (χ0v) is 5.90. The molecule has 0 unspecified atom stereocenters.